The van der Waals surface area contributed by atoms with Gasteiger partial charge in [-0.2, -0.15) is 0 Å². The summed E-state index contributed by atoms with van der Waals surface area (Å²) in [6.07, 6.45) is 0.849. The van der Waals surface area contributed by atoms with Crippen molar-refractivity contribution in [2.45, 2.75) is 33.4 Å². The summed E-state index contributed by atoms with van der Waals surface area (Å²) in [6, 6.07) is 14.0. The Morgan fingerprint density at radius 3 is 2.53 bits per heavy atom. The van der Waals surface area contributed by atoms with E-state index in [-0.39, 0.29) is 5.56 Å². The highest BCUT2D eigenvalue weighted by Crippen LogP contribution is 2.20. The second-order valence-electron chi connectivity index (χ2n) is 7.88. The minimum Gasteiger partial charge on any atom is -0.497 e. The van der Waals surface area contributed by atoms with Gasteiger partial charge in [0.2, 0.25) is 0 Å². The quantitative estimate of drug-likeness (QED) is 0.376. The summed E-state index contributed by atoms with van der Waals surface area (Å²) in [6.45, 7) is 6.42. The van der Waals surface area contributed by atoms with Gasteiger partial charge in [-0.3, -0.25) is 4.79 Å². The maximum absolute atomic E-state index is 12.9. The predicted octanol–water partition coefficient (Wildman–Crippen LogP) is 4.07. The summed E-state index contributed by atoms with van der Waals surface area (Å²) in [5, 5.41) is 4.92. The zero-order valence-electron chi connectivity index (χ0n) is 19.2. The van der Waals surface area contributed by atoms with Gasteiger partial charge in [-0.15, -0.1) is 0 Å². The molecule has 0 saturated heterocycles. The largest absolute Gasteiger partial charge is 0.497 e. The average Bonchev–Trinajstić information content (AvgIpc) is 2.80. The fraction of sp³-hybridized carbons (Fsp3) is 0.360. The summed E-state index contributed by atoms with van der Waals surface area (Å²) >= 11 is 5.69. The lowest BCUT2D eigenvalue weighted by molar-refractivity contribution is 0.195. The van der Waals surface area contributed by atoms with Crippen LogP contribution in [-0.4, -0.2) is 42.4 Å². The van der Waals surface area contributed by atoms with E-state index in [4.69, 9.17) is 21.7 Å². The van der Waals surface area contributed by atoms with Gasteiger partial charge in [0, 0.05) is 32.4 Å². The van der Waals surface area contributed by atoms with Crippen LogP contribution >= 0.6 is 12.2 Å². The highest BCUT2D eigenvalue weighted by atomic mass is 32.1. The van der Waals surface area contributed by atoms with Crippen LogP contribution < -0.4 is 15.6 Å². The van der Waals surface area contributed by atoms with Crippen LogP contribution in [0.3, 0.4) is 0 Å². The number of nitrogens with zero attached hydrogens (tertiary/aromatic N) is 1. The number of ether oxygens (including phenoxy) is 2. The lowest BCUT2D eigenvalue weighted by atomic mass is 10.0. The molecule has 6 nitrogen and oxygen atoms in total. The van der Waals surface area contributed by atoms with E-state index in [2.05, 4.69) is 16.4 Å². The van der Waals surface area contributed by atoms with Crippen molar-refractivity contribution in [3.05, 3.63) is 75.1 Å². The number of thiocarbonyl (C=S) groups is 1. The molecule has 0 aliphatic rings. The number of hydrogen-bond donors (Lipinski definition) is 2. The van der Waals surface area contributed by atoms with Crippen LogP contribution in [0.1, 0.15) is 28.7 Å². The average molecular weight is 454 g/mol. The third-order valence-electron chi connectivity index (χ3n) is 5.61. The molecule has 0 fully saturated rings. The van der Waals surface area contributed by atoms with Crippen LogP contribution in [0.15, 0.2) is 47.3 Å². The molecule has 170 valence electrons. The van der Waals surface area contributed by atoms with Crippen molar-refractivity contribution in [2.75, 3.05) is 27.4 Å². The summed E-state index contributed by atoms with van der Waals surface area (Å²) in [7, 11) is 3.33. The van der Waals surface area contributed by atoms with Crippen LogP contribution in [0, 0.1) is 13.8 Å². The van der Waals surface area contributed by atoms with Crippen molar-refractivity contribution in [1.29, 1.82) is 0 Å². The van der Waals surface area contributed by atoms with Gasteiger partial charge in [-0.05, 0) is 72.8 Å². The first-order chi connectivity index (χ1) is 15.4. The maximum atomic E-state index is 12.9. The molecule has 3 aromatic rings. The van der Waals surface area contributed by atoms with Crippen molar-refractivity contribution in [3.8, 4) is 5.75 Å². The van der Waals surface area contributed by atoms with Gasteiger partial charge in [0.15, 0.2) is 5.11 Å². The molecule has 2 aromatic carbocycles. The number of benzene rings is 2. The molecule has 7 heteroatoms. The Labute approximate surface area is 194 Å². The molecule has 1 aromatic heterocycles. The Morgan fingerprint density at radius 1 is 1.09 bits per heavy atom. The zero-order valence-corrected chi connectivity index (χ0v) is 20.0. The topological polar surface area (TPSA) is 66.6 Å². The van der Waals surface area contributed by atoms with E-state index < -0.39 is 0 Å². The Bertz CT molecular complexity index is 1130. The molecular weight excluding hydrogens is 422 g/mol. The van der Waals surface area contributed by atoms with Gasteiger partial charge < -0.3 is 24.7 Å². The standard InChI is InChI=1S/C25H31N3O3S/c1-17-6-9-20-14-21(24(29)27-23(20)18(17)2)16-28(25(32)26-12-5-13-30-3)15-19-7-10-22(31-4)11-8-19/h6-11,14H,5,12-13,15-16H2,1-4H3,(H,26,32)(H,27,29). The molecule has 0 aliphatic heterocycles. The minimum atomic E-state index is -0.0897. The fourth-order valence-corrected chi connectivity index (χ4v) is 3.80. The molecule has 0 spiro atoms. The number of fused-ring (bicyclic) bond motifs is 1. The van der Waals surface area contributed by atoms with E-state index >= 15 is 0 Å². The number of methoxy groups -OCH3 is 2. The number of H-pyrrole nitrogens is 1. The van der Waals surface area contributed by atoms with E-state index in [1.54, 1.807) is 14.2 Å². The van der Waals surface area contributed by atoms with Gasteiger partial charge in [0.25, 0.3) is 5.56 Å². The lowest BCUT2D eigenvalue weighted by Gasteiger charge is -2.26. The van der Waals surface area contributed by atoms with E-state index in [0.717, 1.165) is 39.8 Å². The first-order valence-electron chi connectivity index (χ1n) is 10.7. The summed E-state index contributed by atoms with van der Waals surface area (Å²) in [5.41, 5.74) is 4.81. The summed E-state index contributed by atoms with van der Waals surface area (Å²) in [4.78, 5) is 18.0. The number of hydrogen-bond acceptors (Lipinski definition) is 4. The predicted molar refractivity (Wildman–Crippen MR) is 133 cm³/mol. The Balaban J connectivity index is 1.86. The molecule has 0 aliphatic carbocycles. The highest BCUT2D eigenvalue weighted by Gasteiger charge is 2.15. The van der Waals surface area contributed by atoms with Crippen molar-refractivity contribution in [2.24, 2.45) is 0 Å². The number of nitrogens with one attached hydrogen (secondary N) is 2. The number of pyridine rings is 1. The van der Waals surface area contributed by atoms with Gasteiger partial charge >= 0.3 is 0 Å². The molecule has 0 bridgehead atoms. The fourth-order valence-electron chi connectivity index (χ4n) is 3.57. The van der Waals surface area contributed by atoms with E-state index in [1.807, 2.05) is 55.1 Å². The van der Waals surface area contributed by atoms with Gasteiger partial charge in [-0.1, -0.05) is 24.3 Å². The zero-order chi connectivity index (χ0) is 23.1. The molecule has 1 heterocycles. The molecule has 3 rings (SSSR count). The number of aromatic nitrogens is 1. The van der Waals surface area contributed by atoms with E-state index in [1.165, 1.54) is 0 Å². The molecular formula is C25H31N3O3S. The number of aryl methyl sites for hydroxylation is 2. The first kappa shape index (κ1) is 23.8. The Morgan fingerprint density at radius 2 is 1.84 bits per heavy atom. The van der Waals surface area contributed by atoms with Crippen LogP contribution in [0.25, 0.3) is 10.9 Å². The van der Waals surface area contributed by atoms with Gasteiger partial charge in [0.05, 0.1) is 19.2 Å². The van der Waals surface area contributed by atoms with Gasteiger partial charge in [-0.25, -0.2) is 0 Å². The third-order valence-corrected chi connectivity index (χ3v) is 6.01. The lowest BCUT2D eigenvalue weighted by Crippen LogP contribution is -2.40. The highest BCUT2D eigenvalue weighted by molar-refractivity contribution is 7.80. The Hall–Kier alpha value is -2.90. The van der Waals surface area contributed by atoms with Crippen LogP contribution in [0.4, 0.5) is 0 Å². The van der Waals surface area contributed by atoms with Crippen LogP contribution in [0.5, 0.6) is 5.75 Å². The van der Waals surface area contributed by atoms with Gasteiger partial charge in [0.1, 0.15) is 5.75 Å². The van der Waals surface area contributed by atoms with Crippen molar-refractivity contribution >= 4 is 28.2 Å². The SMILES string of the molecule is COCCCNC(=S)N(Cc1ccc(OC)cc1)Cc1cc2ccc(C)c(C)c2[nH]c1=O. The smallest absolute Gasteiger partial charge is 0.253 e. The second kappa shape index (κ2) is 11.1. The number of rotatable bonds is 9. The Kier molecular flexibility index (Phi) is 8.25. The number of aromatic amines is 1. The molecule has 0 atom stereocenters. The summed E-state index contributed by atoms with van der Waals surface area (Å²) < 4.78 is 10.4. The van der Waals surface area contributed by atoms with Crippen LogP contribution in [-0.2, 0) is 17.8 Å². The summed E-state index contributed by atoms with van der Waals surface area (Å²) in [5.74, 6) is 0.803. The molecule has 0 unspecified atom stereocenters. The monoisotopic (exact) mass is 453 g/mol. The maximum Gasteiger partial charge on any atom is 0.253 e. The van der Waals surface area contributed by atoms with Crippen molar-refractivity contribution < 1.29 is 9.47 Å². The van der Waals surface area contributed by atoms with E-state index in [9.17, 15) is 4.79 Å². The van der Waals surface area contributed by atoms with Crippen molar-refractivity contribution in [3.63, 3.8) is 0 Å². The second-order valence-corrected chi connectivity index (χ2v) is 8.26. The first-order valence-corrected chi connectivity index (χ1v) is 11.1. The molecule has 0 amide bonds. The molecule has 32 heavy (non-hydrogen) atoms. The minimum absolute atomic E-state index is 0.0897. The third kappa shape index (κ3) is 5.87. The molecule has 0 radical (unpaired) electrons. The van der Waals surface area contributed by atoms with Crippen molar-refractivity contribution in [1.82, 2.24) is 15.2 Å². The molecule has 2 N–H and O–H groups in total. The van der Waals surface area contributed by atoms with E-state index in [0.29, 0.717) is 36.9 Å². The molecule has 0 saturated carbocycles. The normalized spacial score (nSPS) is 10.9. The van der Waals surface area contributed by atoms with Crippen LogP contribution in [0.2, 0.25) is 0 Å².